The van der Waals surface area contributed by atoms with Gasteiger partial charge in [-0.1, -0.05) is 23.7 Å². The fourth-order valence-corrected chi connectivity index (χ4v) is 2.12. The highest BCUT2D eigenvalue weighted by atomic mass is 35.5. The van der Waals surface area contributed by atoms with E-state index >= 15 is 0 Å². The summed E-state index contributed by atoms with van der Waals surface area (Å²) in [5.41, 5.74) is 0. The lowest BCUT2D eigenvalue weighted by atomic mass is 10.3. The Hall–Kier alpha value is -2.40. The average Bonchev–Trinajstić information content (AvgIpc) is 2.61. The third-order valence-electron chi connectivity index (χ3n) is 3.24. The summed E-state index contributed by atoms with van der Waals surface area (Å²) in [6, 6.07) is 14.3. The average molecular weight is 350 g/mol. The van der Waals surface area contributed by atoms with Crippen LogP contribution in [-0.4, -0.2) is 32.3 Å². The van der Waals surface area contributed by atoms with Crippen LogP contribution in [0.15, 0.2) is 48.5 Å². The summed E-state index contributed by atoms with van der Waals surface area (Å²) in [6.07, 6.45) is -0.647. The summed E-state index contributed by atoms with van der Waals surface area (Å²) in [6.45, 7) is 2.40. The highest BCUT2D eigenvalue weighted by Gasteiger charge is 2.15. The minimum absolute atomic E-state index is 0.228. The fraction of sp³-hybridized carbons (Fsp3) is 0.278. The molecule has 0 aliphatic heterocycles. The lowest BCUT2D eigenvalue weighted by molar-refractivity contribution is -0.127. The Kier molecular flexibility index (Phi) is 6.75. The first-order valence-electron chi connectivity index (χ1n) is 7.56. The van der Waals surface area contributed by atoms with E-state index in [0.29, 0.717) is 29.7 Å². The standard InChI is InChI=1S/C18H20ClNO4/c1-13(24-17-6-4-3-5-16(17)19)18(21)20-11-12-23-15-9-7-14(22-2)8-10-15/h3-10,13H,11-12H2,1-2H3,(H,20,21)/t13-/m1/s1. The first kappa shape index (κ1) is 17.9. The number of rotatable bonds is 8. The van der Waals surface area contributed by atoms with E-state index in [1.165, 1.54) is 0 Å². The van der Waals surface area contributed by atoms with Crippen molar-refractivity contribution in [3.05, 3.63) is 53.6 Å². The summed E-state index contributed by atoms with van der Waals surface area (Å²) >= 11 is 6.00. The Morgan fingerprint density at radius 1 is 1.12 bits per heavy atom. The molecule has 2 aromatic rings. The van der Waals surface area contributed by atoms with Crippen molar-refractivity contribution in [1.82, 2.24) is 5.32 Å². The van der Waals surface area contributed by atoms with Crippen molar-refractivity contribution in [3.63, 3.8) is 0 Å². The summed E-state index contributed by atoms with van der Waals surface area (Å²) < 4.78 is 16.2. The van der Waals surface area contributed by atoms with Crippen molar-refractivity contribution < 1.29 is 19.0 Å². The molecule has 128 valence electrons. The molecule has 0 aliphatic rings. The van der Waals surface area contributed by atoms with Gasteiger partial charge >= 0.3 is 0 Å². The zero-order valence-electron chi connectivity index (χ0n) is 13.6. The van der Waals surface area contributed by atoms with Crippen molar-refractivity contribution >= 4 is 17.5 Å². The van der Waals surface area contributed by atoms with Gasteiger partial charge in [-0.05, 0) is 43.3 Å². The Labute approximate surface area is 146 Å². The maximum Gasteiger partial charge on any atom is 0.260 e. The molecule has 1 N–H and O–H groups in total. The van der Waals surface area contributed by atoms with E-state index in [9.17, 15) is 4.79 Å². The maximum absolute atomic E-state index is 12.0. The number of carbonyl (C=O) groups excluding carboxylic acids is 1. The Balaban J connectivity index is 1.71. The number of hydrogen-bond acceptors (Lipinski definition) is 4. The van der Waals surface area contributed by atoms with Crippen molar-refractivity contribution in [3.8, 4) is 17.2 Å². The smallest absolute Gasteiger partial charge is 0.260 e. The van der Waals surface area contributed by atoms with Crippen LogP contribution in [0, 0.1) is 0 Å². The van der Waals surface area contributed by atoms with E-state index in [-0.39, 0.29) is 5.91 Å². The van der Waals surface area contributed by atoms with Gasteiger partial charge in [-0.25, -0.2) is 0 Å². The second-order valence-corrected chi connectivity index (χ2v) is 5.41. The van der Waals surface area contributed by atoms with Crippen LogP contribution in [0.4, 0.5) is 0 Å². The van der Waals surface area contributed by atoms with Gasteiger partial charge in [0.25, 0.3) is 5.91 Å². The number of amides is 1. The third kappa shape index (κ3) is 5.35. The first-order valence-corrected chi connectivity index (χ1v) is 7.93. The first-order chi connectivity index (χ1) is 11.6. The Morgan fingerprint density at radius 2 is 1.79 bits per heavy atom. The van der Waals surface area contributed by atoms with E-state index in [1.807, 2.05) is 24.3 Å². The van der Waals surface area contributed by atoms with Crippen molar-refractivity contribution in [2.24, 2.45) is 0 Å². The third-order valence-corrected chi connectivity index (χ3v) is 3.55. The van der Waals surface area contributed by atoms with Gasteiger partial charge in [-0.15, -0.1) is 0 Å². The van der Waals surface area contributed by atoms with Gasteiger partial charge in [0, 0.05) is 0 Å². The lowest BCUT2D eigenvalue weighted by Gasteiger charge is -2.15. The van der Waals surface area contributed by atoms with E-state index in [1.54, 1.807) is 38.3 Å². The summed E-state index contributed by atoms with van der Waals surface area (Å²) in [5.74, 6) is 1.73. The SMILES string of the molecule is COc1ccc(OCCNC(=O)[C@@H](C)Oc2ccccc2Cl)cc1. The molecule has 0 saturated heterocycles. The molecule has 0 bridgehead atoms. The van der Waals surface area contributed by atoms with Crippen LogP contribution in [0.3, 0.4) is 0 Å². The molecule has 2 aromatic carbocycles. The quantitative estimate of drug-likeness (QED) is 0.743. The minimum Gasteiger partial charge on any atom is -0.497 e. The van der Waals surface area contributed by atoms with Gasteiger partial charge in [-0.3, -0.25) is 4.79 Å². The molecule has 6 heteroatoms. The summed E-state index contributed by atoms with van der Waals surface area (Å²) in [4.78, 5) is 12.0. The van der Waals surface area contributed by atoms with Gasteiger partial charge in [0.1, 0.15) is 23.9 Å². The van der Waals surface area contributed by atoms with Crippen LogP contribution in [0.5, 0.6) is 17.2 Å². The molecule has 0 aliphatic carbocycles. The van der Waals surface area contributed by atoms with E-state index < -0.39 is 6.10 Å². The molecule has 2 rings (SSSR count). The van der Waals surface area contributed by atoms with Crippen LogP contribution >= 0.6 is 11.6 Å². The maximum atomic E-state index is 12.0. The number of hydrogen-bond donors (Lipinski definition) is 1. The largest absolute Gasteiger partial charge is 0.497 e. The van der Waals surface area contributed by atoms with E-state index in [0.717, 1.165) is 5.75 Å². The van der Waals surface area contributed by atoms with Crippen LogP contribution in [0.2, 0.25) is 5.02 Å². The highest BCUT2D eigenvalue weighted by molar-refractivity contribution is 6.32. The van der Waals surface area contributed by atoms with Crippen LogP contribution < -0.4 is 19.5 Å². The van der Waals surface area contributed by atoms with Gasteiger partial charge in [0.2, 0.25) is 0 Å². The molecular weight excluding hydrogens is 330 g/mol. The molecule has 5 nitrogen and oxygen atoms in total. The van der Waals surface area contributed by atoms with Crippen molar-refractivity contribution in [1.29, 1.82) is 0 Å². The van der Waals surface area contributed by atoms with Crippen molar-refractivity contribution in [2.45, 2.75) is 13.0 Å². The Bertz CT molecular complexity index is 660. The monoisotopic (exact) mass is 349 g/mol. The number of ether oxygens (including phenoxy) is 3. The molecule has 1 amide bonds. The van der Waals surface area contributed by atoms with E-state index in [4.69, 9.17) is 25.8 Å². The summed E-state index contributed by atoms with van der Waals surface area (Å²) in [7, 11) is 1.61. The topological polar surface area (TPSA) is 56.8 Å². The lowest BCUT2D eigenvalue weighted by Crippen LogP contribution is -2.38. The molecule has 0 saturated carbocycles. The predicted octanol–water partition coefficient (Wildman–Crippen LogP) is 3.31. The molecule has 0 fully saturated rings. The van der Waals surface area contributed by atoms with Crippen LogP contribution in [0.25, 0.3) is 0 Å². The number of para-hydroxylation sites is 1. The molecule has 24 heavy (non-hydrogen) atoms. The van der Waals surface area contributed by atoms with E-state index in [2.05, 4.69) is 5.32 Å². The molecule has 0 aromatic heterocycles. The number of benzene rings is 2. The zero-order valence-corrected chi connectivity index (χ0v) is 14.4. The Morgan fingerprint density at radius 3 is 2.46 bits per heavy atom. The second kappa shape index (κ2) is 9.03. The van der Waals surface area contributed by atoms with Crippen LogP contribution in [-0.2, 0) is 4.79 Å². The molecular formula is C18H20ClNO4. The fourth-order valence-electron chi connectivity index (χ4n) is 1.94. The normalized spacial score (nSPS) is 11.5. The highest BCUT2D eigenvalue weighted by Crippen LogP contribution is 2.24. The number of nitrogens with one attached hydrogen (secondary N) is 1. The number of methoxy groups -OCH3 is 1. The van der Waals surface area contributed by atoms with Gasteiger partial charge in [0.05, 0.1) is 18.7 Å². The second-order valence-electron chi connectivity index (χ2n) is 5.01. The summed E-state index contributed by atoms with van der Waals surface area (Å²) in [5, 5.41) is 3.23. The van der Waals surface area contributed by atoms with Crippen LogP contribution in [0.1, 0.15) is 6.92 Å². The van der Waals surface area contributed by atoms with Gasteiger partial charge in [-0.2, -0.15) is 0 Å². The molecule has 0 unspecified atom stereocenters. The zero-order chi connectivity index (χ0) is 17.4. The minimum atomic E-state index is -0.647. The van der Waals surface area contributed by atoms with Crippen molar-refractivity contribution in [2.75, 3.05) is 20.3 Å². The molecule has 0 radical (unpaired) electrons. The molecule has 0 heterocycles. The van der Waals surface area contributed by atoms with Gasteiger partial charge in [0.15, 0.2) is 6.10 Å². The predicted molar refractivity (Wildman–Crippen MR) is 93.0 cm³/mol. The number of carbonyl (C=O) groups is 1. The number of halogens is 1. The van der Waals surface area contributed by atoms with Gasteiger partial charge < -0.3 is 19.5 Å². The molecule has 0 spiro atoms. The molecule has 1 atom stereocenters.